The number of aldehydes is 3. The normalized spacial score (nSPS) is 45.8. The van der Waals surface area contributed by atoms with Crippen LogP contribution >= 0.6 is 0 Å². The summed E-state index contributed by atoms with van der Waals surface area (Å²) < 4.78 is 0. The quantitative estimate of drug-likeness (QED) is 0.468. The summed E-state index contributed by atoms with van der Waals surface area (Å²) in [4.78, 5) is 31.8. The molecule has 1 fully saturated rings. The molecular weight excluding hydrogens is 204 g/mol. The Morgan fingerprint density at radius 1 is 0.667 bits per heavy atom. The highest BCUT2D eigenvalue weighted by atomic mass is 16.3. The molecule has 1 aliphatic carbocycles. The fraction of sp³-hybridized carbons (Fsp3) is 0.667. The minimum atomic E-state index is -2.05. The molecule has 1 rings (SSSR count). The topological polar surface area (TPSA) is 112 Å². The van der Waals surface area contributed by atoms with Gasteiger partial charge in [-0.25, -0.2) is 0 Å². The van der Waals surface area contributed by atoms with Gasteiger partial charge in [-0.05, 0) is 0 Å². The van der Waals surface area contributed by atoms with E-state index in [-0.39, 0.29) is 18.9 Å². The molecule has 0 unspecified atom stereocenters. The molecule has 6 nitrogen and oxygen atoms in total. The first kappa shape index (κ1) is 12.0. The largest absolute Gasteiger partial charge is 0.382 e. The van der Waals surface area contributed by atoms with Crippen LogP contribution in [0.25, 0.3) is 0 Å². The molecule has 6 heteroatoms. The van der Waals surface area contributed by atoms with Crippen LogP contribution in [-0.4, -0.2) is 51.0 Å². The molecule has 1 aliphatic rings. The molecule has 0 atom stereocenters. The van der Waals surface area contributed by atoms with Gasteiger partial charge in [0.15, 0.2) is 18.9 Å². The summed E-state index contributed by atoms with van der Waals surface area (Å²) in [6.07, 6.45) is -1.17. The van der Waals surface area contributed by atoms with E-state index in [9.17, 15) is 29.7 Å². The minimum absolute atomic E-state index is 0.120. The second-order valence-electron chi connectivity index (χ2n) is 4.19. The van der Waals surface area contributed by atoms with Gasteiger partial charge >= 0.3 is 0 Å². The fourth-order valence-electron chi connectivity index (χ4n) is 2.03. The zero-order valence-electron chi connectivity index (χ0n) is 7.92. The van der Waals surface area contributed by atoms with Crippen molar-refractivity contribution in [3.05, 3.63) is 0 Å². The number of carbonyl (C=O) groups excluding carboxylic acids is 3. The van der Waals surface area contributed by atoms with E-state index in [0.29, 0.717) is 0 Å². The molecule has 0 aromatic rings. The van der Waals surface area contributed by atoms with Crippen LogP contribution in [0.15, 0.2) is 0 Å². The standard InChI is InChI=1S/C9H12O6/c10-4-7(13)1-8(14,5-11)3-9(15,2-7)6-12/h4-6,13-15H,1-3H2. The average Bonchev–Trinajstić information content (AvgIpc) is 2.16. The molecule has 0 saturated heterocycles. The smallest absolute Gasteiger partial charge is 0.151 e. The van der Waals surface area contributed by atoms with Crippen molar-refractivity contribution >= 4 is 18.9 Å². The lowest BCUT2D eigenvalue weighted by Gasteiger charge is -2.42. The Morgan fingerprint density at radius 2 is 0.867 bits per heavy atom. The third-order valence-electron chi connectivity index (χ3n) is 2.49. The van der Waals surface area contributed by atoms with E-state index >= 15 is 0 Å². The molecule has 0 aromatic heterocycles. The highest BCUT2D eigenvalue weighted by molar-refractivity contribution is 5.74. The van der Waals surface area contributed by atoms with Gasteiger partial charge in [-0.15, -0.1) is 0 Å². The van der Waals surface area contributed by atoms with Crippen LogP contribution in [0, 0.1) is 0 Å². The molecule has 0 aliphatic heterocycles. The van der Waals surface area contributed by atoms with Gasteiger partial charge in [0, 0.05) is 19.3 Å². The van der Waals surface area contributed by atoms with Crippen LogP contribution < -0.4 is 0 Å². The molecule has 3 N–H and O–H groups in total. The minimum Gasteiger partial charge on any atom is -0.382 e. The summed E-state index contributed by atoms with van der Waals surface area (Å²) in [5, 5.41) is 28.8. The molecule has 0 amide bonds. The van der Waals surface area contributed by atoms with Crippen molar-refractivity contribution in [1.29, 1.82) is 0 Å². The molecule has 0 radical (unpaired) electrons. The van der Waals surface area contributed by atoms with Gasteiger partial charge in [-0.2, -0.15) is 0 Å². The summed E-state index contributed by atoms with van der Waals surface area (Å²) in [5.74, 6) is 0. The van der Waals surface area contributed by atoms with E-state index < -0.39 is 36.1 Å². The number of aliphatic hydroxyl groups is 3. The van der Waals surface area contributed by atoms with Gasteiger partial charge in [0.05, 0.1) is 0 Å². The van der Waals surface area contributed by atoms with E-state index in [1.54, 1.807) is 0 Å². The Kier molecular flexibility index (Phi) is 2.77. The van der Waals surface area contributed by atoms with Crippen LogP contribution in [0.2, 0.25) is 0 Å². The molecule has 84 valence electrons. The van der Waals surface area contributed by atoms with E-state index in [1.165, 1.54) is 0 Å². The van der Waals surface area contributed by atoms with E-state index in [0.717, 1.165) is 0 Å². The third kappa shape index (κ3) is 2.28. The lowest BCUT2D eigenvalue weighted by atomic mass is 9.69. The summed E-state index contributed by atoms with van der Waals surface area (Å²) in [5.41, 5.74) is -6.16. The number of rotatable bonds is 3. The molecule has 0 bridgehead atoms. The first-order chi connectivity index (χ1) is 6.80. The van der Waals surface area contributed by atoms with Gasteiger partial charge in [0.1, 0.15) is 16.8 Å². The Labute approximate surface area is 85.5 Å². The Morgan fingerprint density at radius 3 is 1.00 bits per heavy atom. The average molecular weight is 216 g/mol. The summed E-state index contributed by atoms with van der Waals surface area (Å²) in [6.45, 7) is 0. The molecule has 0 heterocycles. The lowest BCUT2D eigenvalue weighted by Crippen LogP contribution is -2.58. The van der Waals surface area contributed by atoms with Crippen molar-refractivity contribution in [2.24, 2.45) is 0 Å². The molecule has 1 saturated carbocycles. The second-order valence-corrected chi connectivity index (χ2v) is 4.19. The van der Waals surface area contributed by atoms with Crippen LogP contribution in [-0.2, 0) is 14.4 Å². The molecule has 15 heavy (non-hydrogen) atoms. The zero-order valence-corrected chi connectivity index (χ0v) is 7.92. The van der Waals surface area contributed by atoms with Gasteiger partial charge in [-0.3, -0.25) is 0 Å². The summed E-state index contributed by atoms with van der Waals surface area (Å²) in [7, 11) is 0. The molecule has 0 aromatic carbocycles. The lowest BCUT2D eigenvalue weighted by molar-refractivity contribution is -0.178. The van der Waals surface area contributed by atoms with Crippen LogP contribution in [0.5, 0.6) is 0 Å². The van der Waals surface area contributed by atoms with E-state index in [4.69, 9.17) is 0 Å². The van der Waals surface area contributed by atoms with Crippen molar-refractivity contribution in [1.82, 2.24) is 0 Å². The van der Waals surface area contributed by atoms with Gasteiger partial charge in [0.25, 0.3) is 0 Å². The van der Waals surface area contributed by atoms with Crippen molar-refractivity contribution in [3.8, 4) is 0 Å². The van der Waals surface area contributed by atoms with E-state index in [1.807, 2.05) is 0 Å². The summed E-state index contributed by atoms with van der Waals surface area (Å²) >= 11 is 0. The zero-order chi connectivity index (χ0) is 11.7. The van der Waals surface area contributed by atoms with Gasteiger partial charge < -0.3 is 29.7 Å². The van der Waals surface area contributed by atoms with Crippen LogP contribution in [0.4, 0.5) is 0 Å². The maximum atomic E-state index is 10.6. The predicted molar refractivity (Wildman–Crippen MR) is 46.9 cm³/mol. The second kappa shape index (κ2) is 3.48. The fourth-order valence-corrected chi connectivity index (χ4v) is 2.03. The van der Waals surface area contributed by atoms with Crippen molar-refractivity contribution in [2.75, 3.05) is 0 Å². The molecular formula is C9H12O6. The van der Waals surface area contributed by atoms with E-state index in [2.05, 4.69) is 0 Å². The first-order valence-electron chi connectivity index (χ1n) is 4.37. The predicted octanol–water partition coefficient (Wildman–Crippen LogP) is -2.04. The Bertz CT molecular complexity index is 243. The van der Waals surface area contributed by atoms with Crippen molar-refractivity contribution in [2.45, 2.75) is 36.1 Å². The number of hydrogen-bond donors (Lipinski definition) is 3. The molecule has 0 spiro atoms. The highest BCUT2D eigenvalue weighted by Gasteiger charge is 2.53. The first-order valence-corrected chi connectivity index (χ1v) is 4.37. The van der Waals surface area contributed by atoms with Crippen molar-refractivity contribution < 1.29 is 29.7 Å². The maximum Gasteiger partial charge on any atom is 0.151 e. The number of hydrogen-bond acceptors (Lipinski definition) is 6. The summed E-state index contributed by atoms with van der Waals surface area (Å²) in [6, 6.07) is 0. The third-order valence-corrected chi connectivity index (χ3v) is 2.49. The Balaban J connectivity index is 3.07. The SMILES string of the molecule is O=CC1(O)CC(O)(C=O)CC(O)(C=O)C1. The van der Waals surface area contributed by atoms with Crippen LogP contribution in [0.3, 0.4) is 0 Å². The van der Waals surface area contributed by atoms with Gasteiger partial charge in [-0.1, -0.05) is 0 Å². The van der Waals surface area contributed by atoms with Gasteiger partial charge in [0.2, 0.25) is 0 Å². The monoisotopic (exact) mass is 216 g/mol. The number of carbonyl (C=O) groups is 3. The van der Waals surface area contributed by atoms with Crippen LogP contribution in [0.1, 0.15) is 19.3 Å². The van der Waals surface area contributed by atoms with Crippen molar-refractivity contribution in [3.63, 3.8) is 0 Å². The Hall–Kier alpha value is -1.11. The maximum absolute atomic E-state index is 10.6. The highest BCUT2D eigenvalue weighted by Crippen LogP contribution is 2.38.